The number of hydrazine groups is 1. The van der Waals surface area contributed by atoms with Crippen LogP contribution in [-0.2, 0) is 4.79 Å². The number of hydrogen-bond donors (Lipinski definition) is 2. The van der Waals surface area contributed by atoms with E-state index in [0.717, 1.165) is 12.3 Å². The Balaban J connectivity index is 2.21. The van der Waals surface area contributed by atoms with Crippen molar-refractivity contribution in [1.82, 2.24) is 10.3 Å². The van der Waals surface area contributed by atoms with Crippen molar-refractivity contribution in [2.75, 3.05) is 13.1 Å². The van der Waals surface area contributed by atoms with Crippen molar-refractivity contribution in [3.05, 3.63) is 0 Å². The fourth-order valence-electron chi connectivity index (χ4n) is 1.96. The Hall–Kier alpha value is -0.610. The van der Waals surface area contributed by atoms with Gasteiger partial charge >= 0.3 is 0 Å². The summed E-state index contributed by atoms with van der Waals surface area (Å²) >= 11 is 0. The van der Waals surface area contributed by atoms with E-state index in [-0.39, 0.29) is 5.91 Å². The Morgan fingerprint density at radius 3 is 2.93 bits per heavy atom. The monoisotopic (exact) mass is 199 g/mol. The van der Waals surface area contributed by atoms with Crippen LogP contribution in [0.25, 0.3) is 0 Å². The van der Waals surface area contributed by atoms with Gasteiger partial charge < -0.3 is 4.90 Å². The summed E-state index contributed by atoms with van der Waals surface area (Å²) in [4.78, 5) is 13.4. The summed E-state index contributed by atoms with van der Waals surface area (Å²) in [5.41, 5.74) is 2.16. The molecule has 0 aromatic rings. The maximum atomic E-state index is 10.9. The lowest BCUT2D eigenvalue weighted by Crippen LogP contribution is -2.34. The summed E-state index contributed by atoms with van der Waals surface area (Å²) in [6.45, 7) is 6.80. The van der Waals surface area contributed by atoms with Crippen molar-refractivity contribution >= 4 is 5.91 Å². The van der Waals surface area contributed by atoms with Gasteiger partial charge in [0.1, 0.15) is 0 Å². The maximum Gasteiger partial charge on any atom is 0.233 e. The summed E-state index contributed by atoms with van der Waals surface area (Å²) in [7, 11) is 0. The number of likely N-dealkylation sites (tertiary alicyclic amines) is 1. The molecule has 1 saturated heterocycles. The highest BCUT2D eigenvalue weighted by atomic mass is 16.2. The molecule has 0 aromatic carbocycles. The van der Waals surface area contributed by atoms with Crippen molar-refractivity contribution in [3.8, 4) is 0 Å². The first kappa shape index (κ1) is 11.5. The first-order valence-corrected chi connectivity index (χ1v) is 5.37. The van der Waals surface area contributed by atoms with Gasteiger partial charge in [0.25, 0.3) is 0 Å². The highest BCUT2D eigenvalue weighted by Crippen LogP contribution is 2.19. The molecule has 2 unspecified atom stereocenters. The molecule has 1 rings (SSSR count). The van der Waals surface area contributed by atoms with E-state index < -0.39 is 0 Å². The second kappa shape index (κ2) is 5.32. The summed E-state index contributed by atoms with van der Waals surface area (Å²) in [5, 5.41) is 0. The Labute approximate surface area is 85.8 Å². The van der Waals surface area contributed by atoms with E-state index in [1.54, 1.807) is 0 Å². The van der Waals surface area contributed by atoms with Crippen LogP contribution >= 0.6 is 0 Å². The molecule has 0 spiro atoms. The molecule has 1 aliphatic heterocycles. The summed E-state index contributed by atoms with van der Waals surface area (Å²) in [6.07, 6.45) is 2.71. The molecule has 4 nitrogen and oxygen atoms in total. The lowest BCUT2D eigenvalue weighted by molar-refractivity contribution is -0.121. The Kier molecular flexibility index (Phi) is 4.35. The number of carbonyl (C=O) groups is 1. The highest BCUT2D eigenvalue weighted by molar-refractivity contribution is 5.75. The van der Waals surface area contributed by atoms with Crippen molar-refractivity contribution in [2.24, 2.45) is 11.8 Å². The van der Waals surface area contributed by atoms with Crippen LogP contribution in [0.5, 0.6) is 0 Å². The van der Waals surface area contributed by atoms with Crippen molar-refractivity contribution < 1.29 is 4.79 Å². The van der Waals surface area contributed by atoms with Crippen LogP contribution in [0.1, 0.15) is 33.1 Å². The van der Waals surface area contributed by atoms with Gasteiger partial charge in [-0.1, -0.05) is 6.92 Å². The number of nitrogens with zero attached hydrogens (tertiary/aromatic N) is 1. The molecule has 0 bridgehead atoms. The minimum absolute atomic E-state index is 0.0657. The van der Waals surface area contributed by atoms with Gasteiger partial charge in [0.05, 0.1) is 0 Å². The summed E-state index contributed by atoms with van der Waals surface area (Å²) < 4.78 is 0. The lowest BCUT2D eigenvalue weighted by Gasteiger charge is -2.23. The van der Waals surface area contributed by atoms with Crippen LogP contribution in [0, 0.1) is 5.92 Å². The van der Waals surface area contributed by atoms with E-state index in [2.05, 4.69) is 24.2 Å². The molecule has 1 fully saturated rings. The molecular formula is C10H21N3O. The average molecular weight is 199 g/mol. The van der Waals surface area contributed by atoms with Crippen LogP contribution in [-0.4, -0.2) is 29.9 Å². The number of rotatable bonds is 4. The second-order valence-electron chi connectivity index (χ2n) is 4.34. The predicted molar refractivity (Wildman–Crippen MR) is 56.4 cm³/mol. The normalized spacial score (nSPS) is 24.9. The van der Waals surface area contributed by atoms with Crippen molar-refractivity contribution in [2.45, 2.75) is 39.2 Å². The third kappa shape index (κ3) is 3.27. The van der Waals surface area contributed by atoms with Gasteiger partial charge in [0.2, 0.25) is 5.91 Å². The summed E-state index contributed by atoms with van der Waals surface area (Å²) in [6, 6.07) is 0.497. The van der Waals surface area contributed by atoms with Gasteiger partial charge in [-0.15, -0.1) is 0 Å². The Morgan fingerprint density at radius 2 is 2.43 bits per heavy atom. The van der Waals surface area contributed by atoms with E-state index in [9.17, 15) is 4.79 Å². The Bertz CT molecular complexity index is 196. The molecule has 82 valence electrons. The van der Waals surface area contributed by atoms with Crippen LogP contribution in [0.3, 0.4) is 0 Å². The van der Waals surface area contributed by atoms with E-state index in [0.29, 0.717) is 12.5 Å². The molecule has 2 atom stereocenters. The average Bonchev–Trinajstić information content (AvgIpc) is 2.60. The van der Waals surface area contributed by atoms with Crippen molar-refractivity contribution in [3.63, 3.8) is 0 Å². The van der Waals surface area contributed by atoms with Crippen LogP contribution in [0.15, 0.2) is 0 Å². The minimum atomic E-state index is -0.0657. The van der Waals surface area contributed by atoms with E-state index in [1.807, 2.05) is 0 Å². The number of nitrogens with two attached hydrogens (primary N) is 1. The zero-order valence-corrected chi connectivity index (χ0v) is 9.12. The minimum Gasteiger partial charge on any atom is -0.300 e. The molecule has 0 aromatic heterocycles. The lowest BCUT2D eigenvalue weighted by atomic mass is 10.1. The molecule has 14 heavy (non-hydrogen) atoms. The zero-order valence-electron chi connectivity index (χ0n) is 9.12. The fraction of sp³-hybridized carbons (Fsp3) is 0.900. The third-order valence-corrected chi connectivity index (χ3v) is 3.03. The quantitative estimate of drug-likeness (QED) is 0.393. The van der Waals surface area contributed by atoms with Gasteiger partial charge in [-0.3, -0.25) is 10.2 Å². The molecule has 3 N–H and O–H groups in total. The number of amides is 1. The topological polar surface area (TPSA) is 58.4 Å². The predicted octanol–water partition coefficient (Wildman–Crippen LogP) is 0.487. The largest absolute Gasteiger partial charge is 0.300 e. The third-order valence-electron chi connectivity index (χ3n) is 3.03. The van der Waals surface area contributed by atoms with Crippen LogP contribution in [0.2, 0.25) is 0 Å². The van der Waals surface area contributed by atoms with Crippen LogP contribution in [0.4, 0.5) is 0 Å². The van der Waals surface area contributed by atoms with E-state index in [4.69, 9.17) is 5.84 Å². The van der Waals surface area contributed by atoms with Gasteiger partial charge in [0.15, 0.2) is 0 Å². The molecule has 1 heterocycles. The number of nitrogens with one attached hydrogen (secondary N) is 1. The summed E-state index contributed by atoms with van der Waals surface area (Å²) in [5.74, 6) is 5.76. The van der Waals surface area contributed by atoms with Crippen LogP contribution < -0.4 is 11.3 Å². The van der Waals surface area contributed by atoms with Gasteiger partial charge in [0, 0.05) is 19.0 Å². The molecule has 0 radical (unpaired) electrons. The molecule has 1 amide bonds. The molecule has 0 aliphatic carbocycles. The van der Waals surface area contributed by atoms with E-state index in [1.165, 1.54) is 19.5 Å². The number of carbonyl (C=O) groups excluding carboxylic acids is 1. The van der Waals surface area contributed by atoms with Crippen molar-refractivity contribution in [1.29, 1.82) is 0 Å². The molecule has 4 heteroatoms. The van der Waals surface area contributed by atoms with E-state index >= 15 is 0 Å². The first-order valence-electron chi connectivity index (χ1n) is 5.37. The molecule has 0 saturated carbocycles. The second-order valence-corrected chi connectivity index (χ2v) is 4.34. The maximum absolute atomic E-state index is 10.9. The van der Waals surface area contributed by atoms with Gasteiger partial charge in [-0.25, -0.2) is 5.84 Å². The van der Waals surface area contributed by atoms with Gasteiger partial charge in [-0.2, -0.15) is 0 Å². The number of hydrogen-bond acceptors (Lipinski definition) is 3. The highest BCUT2D eigenvalue weighted by Gasteiger charge is 2.22. The smallest absolute Gasteiger partial charge is 0.233 e. The fourth-order valence-corrected chi connectivity index (χ4v) is 1.96. The standard InChI is InChI=1S/C10H21N3O/c1-8-5-6-13(7-8)9(2)3-4-10(14)12-11/h8-9H,3-7,11H2,1-2H3,(H,12,14). The SMILES string of the molecule is CC1CCN(C(C)CCC(=O)NN)C1. The molecular weight excluding hydrogens is 178 g/mol. The Morgan fingerprint density at radius 1 is 1.71 bits per heavy atom. The van der Waals surface area contributed by atoms with Gasteiger partial charge in [-0.05, 0) is 32.2 Å². The molecule has 1 aliphatic rings. The zero-order chi connectivity index (χ0) is 10.6. The first-order chi connectivity index (χ1) is 6.63.